The molecule has 1 aromatic heterocycles. The van der Waals surface area contributed by atoms with Gasteiger partial charge in [-0.3, -0.25) is 14.7 Å². The summed E-state index contributed by atoms with van der Waals surface area (Å²) in [5.74, 6) is 0.652. The van der Waals surface area contributed by atoms with Crippen LogP contribution in [-0.4, -0.2) is 77.1 Å². The minimum Gasteiger partial charge on any atom is -0.385 e. The highest BCUT2D eigenvalue weighted by Gasteiger charge is 2.57. The van der Waals surface area contributed by atoms with E-state index in [2.05, 4.69) is 22.0 Å². The average molecular weight is 427 g/mol. The molecule has 0 radical (unpaired) electrons. The molecule has 1 unspecified atom stereocenters. The number of carbonyl (C=O) groups is 2. The van der Waals surface area contributed by atoms with Gasteiger partial charge < -0.3 is 14.5 Å². The Morgan fingerprint density at radius 2 is 2.03 bits per heavy atom. The number of aromatic nitrogens is 1. The van der Waals surface area contributed by atoms with Gasteiger partial charge in [0.1, 0.15) is 5.54 Å². The summed E-state index contributed by atoms with van der Waals surface area (Å²) in [6, 6.07) is 5.41. The summed E-state index contributed by atoms with van der Waals surface area (Å²) in [5, 5.41) is 0. The van der Waals surface area contributed by atoms with Crippen molar-refractivity contribution in [2.24, 2.45) is 5.92 Å². The molecule has 31 heavy (non-hydrogen) atoms. The summed E-state index contributed by atoms with van der Waals surface area (Å²) in [4.78, 5) is 37.0. The standard InChI is InChI=1S/C24H34N4O3/c1-31-17-7-14-28-23(30)27(19-21-10-5-6-13-25-21)22(29)24(28)11-15-26(16-12-24)18-20-8-3-2-4-9-20/h2-3,5-6,10,13,20H,4,7-9,11-12,14-19H2,1H3. The molecule has 4 rings (SSSR count). The smallest absolute Gasteiger partial charge is 0.328 e. The second-order valence-electron chi connectivity index (χ2n) is 8.98. The van der Waals surface area contributed by atoms with Crippen molar-refractivity contribution in [2.75, 3.05) is 39.9 Å². The molecule has 2 saturated heterocycles. The van der Waals surface area contributed by atoms with Crippen molar-refractivity contribution in [1.29, 1.82) is 0 Å². The lowest BCUT2D eigenvalue weighted by molar-refractivity contribution is -0.136. The van der Waals surface area contributed by atoms with E-state index in [1.807, 2.05) is 23.1 Å². The number of hydrogen-bond acceptors (Lipinski definition) is 5. The van der Waals surface area contributed by atoms with Crippen LogP contribution in [0.25, 0.3) is 0 Å². The molecule has 0 saturated carbocycles. The molecule has 2 fully saturated rings. The van der Waals surface area contributed by atoms with Crippen LogP contribution in [-0.2, 0) is 16.1 Å². The molecule has 3 amide bonds. The third-order valence-corrected chi connectivity index (χ3v) is 6.98. The van der Waals surface area contributed by atoms with E-state index in [0.29, 0.717) is 31.9 Å². The number of allylic oxidation sites excluding steroid dienone is 2. The highest BCUT2D eigenvalue weighted by molar-refractivity contribution is 6.07. The summed E-state index contributed by atoms with van der Waals surface area (Å²) in [6.45, 7) is 4.16. The van der Waals surface area contributed by atoms with Crippen molar-refractivity contribution < 1.29 is 14.3 Å². The molecule has 1 atom stereocenters. The summed E-state index contributed by atoms with van der Waals surface area (Å²) in [7, 11) is 1.67. The highest BCUT2D eigenvalue weighted by atomic mass is 16.5. The van der Waals surface area contributed by atoms with Gasteiger partial charge in [0, 0.05) is 46.1 Å². The third-order valence-electron chi connectivity index (χ3n) is 6.98. The van der Waals surface area contributed by atoms with Crippen molar-refractivity contribution in [3.63, 3.8) is 0 Å². The van der Waals surface area contributed by atoms with Crippen LogP contribution in [0.4, 0.5) is 4.79 Å². The molecule has 1 aliphatic carbocycles. The number of pyridine rings is 1. The van der Waals surface area contributed by atoms with Crippen LogP contribution in [0.15, 0.2) is 36.5 Å². The van der Waals surface area contributed by atoms with Crippen molar-refractivity contribution in [3.05, 3.63) is 42.2 Å². The van der Waals surface area contributed by atoms with E-state index in [1.165, 1.54) is 17.7 Å². The first-order chi connectivity index (χ1) is 15.1. The van der Waals surface area contributed by atoms with Gasteiger partial charge in [0.2, 0.25) is 0 Å². The van der Waals surface area contributed by atoms with Gasteiger partial charge >= 0.3 is 6.03 Å². The Balaban J connectivity index is 1.47. The van der Waals surface area contributed by atoms with Crippen LogP contribution in [0.5, 0.6) is 0 Å². The number of carbonyl (C=O) groups excluding carboxylic acids is 2. The zero-order valence-corrected chi connectivity index (χ0v) is 18.5. The Morgan fingerprint density at radius 1 is 1.19 bits per heavy atom. The molecule has 1 spiro atoms. The Kier molecular flexibility index (Phi) is 7.02. The lowest BCUT2D eigenvalue weighted by Gasteiger charge is -2.43. The predicted octanol–water partition coefficient (Wildman–Crippen LogP) is 3.07. The summed E-state index contributed by atoms with van der Waals surface area (Å²) >= 11 is 0. The van der Waals surface area contributed by atoms with E-state index in [4.69, 9.17) is 4.74 Å². The number of piperidine rings is 1. The number of hydrogen-bond donors (Lipinski definition) is 0. The molecule has 0 N–H and O–H groups in total. The molecule has 0 bridgehead atoms. The largest absolute Gasteiger partial charge is 0.385 e. The van der Waals surface area contributed by atoms with Crippen molar-refractivity contribution >= 4 is 11.9 Å². The highest BCUT2D eigenvalue weighted by Crippen LogP contribution is 2.38. The van der Waals surface area contributed by atoms with Gasteiger partial charge in [0.25, 0.3) is 5.91 Å². The molecule has 0 aromatic carbocycles. The molecule has 7 nitrogen and oxygen atoms in total. The number of rotatable bonds is 8. The summed E-state index contributed by atoms with van der Waals surface area (Å²) < 4.78 is 5.20. The molecule has 1 aromatic rings. The minimum atomic E-state index is -0.720. The first-order valence-electron chi connectivity index (χ1n) is 11.5. The van der Waals surface area contributed by atoms with E-state index in [1.54, 1.807) is 13.3 Å². The van der Waals surface area contributed by atoms with Crippen molar-refractivity contribution in [3.8, 4) is 0 Å². The van der Waals surface area contributed by atoms with Crippen LogP contribution in [0.2, 0.25) is 0 Å². The summed E-state index contributed by atoms with van der Waals surface area (Å²) in [5.41, 5.74) is 0.0173. The lowest BCUT2D eigenvalue weighted by atomic mass is 9.84. The van der Waals surface area contributed by atoms with Gasteiger partial charge in [0.15, 0.2) is 0 Å². The molecule has 7 heteroatoms. The maximum Gasteiger partial charge on any atom is 0.328 e. The van der Waals surface area contributed by atoms with Gasteiger partial charge in [-0.15, -0.1) is 0 Å². The van der Waals surface area contributed by atoms with Gasteiger partial charge in [-0.1, -0.05) is 18.2 Å². The van der Waals surface area contributed by atoms with Crippen molar-refractivity contribution in [2.45, 2.75) is 50.6 Å². The fraction of sp³-hybridized carbons (Fsp3) is 0.625. The van der Waals surface area contributed by atoms with Crippen LogP contribution in [0.1, 0.15) is 44.2 Å². The summed E-state index contributed by atoms with van der Waals surface area (Å²) in [6.07, 6.45) is 12.0. The van der Waals surface area contributed by atoms with Gasteiger partial charge in [-0.05, 0) is 56.6 Å². The number of urea groups is 1. The fourth-order valence-corrected chi connectivity index (χ4v) is 5.23. The molecule has 3 heterocycles. The average Bonchev–Trinajstić information content (AvgIpc) is 2.99. The number of amides is 3. The molecule has 2 aliphatic heterocycles. The van der Waals surface area contributed by atoms with E-state index < -0.39 is 5.54 Å². The number of imide groups is 1. The lowest BCUT2D eigenvalue weighted by Crippen LogP contribution is -2.57. The van der Waals surface area contributed by atoms with Gasteiger partial charge in [0.05, 0.1) is 12.2 Å². The van der Waals surface area contributed by atoms with Crippen molar-refractivity contribution in [1.82, 2.24) is 19.7 Å². The topological polar surface area (TPSA) is 66.0 Å². The van der Waals surface area contributed by atoms with Crippen LogP contribution < -0.4 is 0 Å². The normalized spacial score (nSPS) is 23.8. The fourth-order valence-electron chi connectivity index (χ4n) is 5.23. The van der Waals surface area contributed by atoms with Crippen LogP contribution in [0, 0.1) is 5.92 Å². The second kappa shape index (κ2) is 9.92. The Hall–Kier alpha value is -2.25. The number of likely N-dealkylation sites (tertiary alicyclic amines) is 1. The first kappa shape index (κ1) is 22.0. The number of ether oxygens (including phenoxy) is 1. The maximum atomic E-state index is 13.6. The van der Waals surface area contributed by atoms with E-state index >= 15 is 0 Å². The molecular weight excluding hydrogens is 392 g/mol. The van der Waals surface area contributed by atoms with E-state index in [0.717, 1.165) is 38.2 Å². The van der Waals surface area contributed by atoms with Gasteiger partial charge in [-0.2, -0.15) is 0 Å². The zero-order valence-electron chi connectivity index (χ0n) is 18.5. The van der Waals surface area contributed by atoms with Crippen LogP contribution in [0.3, 0.4) is 0 Å². The monoisotopic (exact) mass is 426 g/mol. The number of methoxy groups -OCH3 is 1. The second-order valence-corrected chi connectivity index (χ2v) is 8.98. The van der Waals surface area contributed by atoms with E-state index in [9.17, 15) is 9.59 Å². The maximum absolute atomic E-state index is 13.6. The van der Waals surface area contributed by atoms with E-state index in [-0.39, 0.29) is 18.5 Å². The third kappa shape index (κ3) is 4.67. The quantitative estimate of drug-likeness (QED) is 0.363. The Morgan fingerprint density at radius 3 is 2.71 bits per heavy atom. The molecule has 168 valence electrons. The minimum absolute atomic E-state index is 0.0548. The Labute approximate surface area is 185 Å². The SMILES string of the molecule is COCCCN1C(=O)N(Cc2ccccn2)C(=O)C12CCN(CC1CC=CCC1)CC2. The predicted molar refractivity (Wildman–Crippen MR) is 118 cm³/mol. The molecular formula is C24H34N4O3. The number of nitrogens with zero attached hydrogens (tertiary/aromatic N) is 4. The van der Waals surface area contributed by atoms with Crippen LogP contribution >= 0.6 is 0 Å². The zero-order chi connectivity index (χ0) is 21.7. The molecule has 3 aliphatic rings. The van der Waals surface area contributed by atoms with Gasteiger partial charge in [-0.25, -0.2) is 4.79 Å². The Bertz CT molecular complexity index is 789. The first-order valence-corrected chi connectivity index (χ1v) is 11.5.